The molecule has 0 saturated heterocycles. The number of hydrogen-bond donors (Lipinski definition) is 0. The van der Waals surface area contributed by atoms with Crippen LogP contribution in [0.4, 0.5) is 0 Å². The Balaban J connectivity index is 0. The second kappa shape index (κ2) is 84.4. The van der Waals surface area contributed by atoms with Gasteiger partial charge in [0.25, 0.3) is 0 Å². The minimum absolute atomic E-state index is 0. The first-order valence-corrected chi connectivity index (χ1v) is 0. The van der Waals surface area contributed by atoms with E-state index in [4.69, 9.17) is 0 Å². The summed E-state index contributed by atoms with van der Waals surface area (Å²) in [5.41, 5.74) is 0. The maximum Gasteiger partial charge on any atom is -0.0776 e. The lowest BCUT2D eigenvalue weighted by Gasteiger charge is -0.115. The summed E-state index contributed by atoms with van der Waals surface area (Å²) in [5.74, 6) is 0. The van der Waals surface area contributed by atoms with Crippen molar-refractivity contribution < 1.29 is 0 Å². The average molecular weight is 210 g/mol. The summed E-state index contributed by atoms with van der Waals surface area (Å²) in [7, 11) is 0. The molecule has 5 heavy (non-hydrogen) atoms. The fourth-order valence-electron chi connectivity index (χ4n) is 0. The van der Waals surface area contributed by atoms with Crippen molar-refractivity contribution in [2.75, 3.05) is 0 Å². The molecule has 0 fully saturated rings. The van der Waals surface area contributed by atoms with E-state index in [2.05, 4.69) is 0 Å². The van der Waals surface area contributed by atoms with E-state index in [1.807, 2.05) is 0 Å². The van der Waals surface area contributed by atoms with Gasteiger partial charge >= 0.3 is 0 Å². The minimum Gasteiger partial charge on any atom is -0.114 e. The summed E-state index contributed by atoms with van der Waals surface area (Å²) in [6.45, 7) is 0. The lowest BCUT2D eigenvalue weighted by atomic mass is 12.0. The third-order valence-electron chi connectivity index (χ3n) is 0. The highest BCUT2D eigenvalue weighted by Gasteiger charge is -0.0754. The Morgan fingerprint density at radius 3 is 0.400 bits per heavy atom. The molecule has 0 radical (unpaired) electrons. The maximum absolute atomic E-state index is 0. The molecule has 0 rings (SSSR count). The fourth-order valence-corrected chi connectivity index (χ4v) is 0. The Morgan fingerprint density at radius 1 is 0.400 bits per heavy atom. The molecule has 0 aromatic carbocycles. The van der Waals surface area contributed by atoms with Crippen molar-refractivity contribution in [3.8, 4) is 0 Å². The smallest absolute Gasteiger partial charge is 0.0776 e. The lowest BCUT2D eigenvalue weighted by molar-refractivity contribution is 2.50. The summed E-state index contributed by atoms with van der Waals surface area (Å²) in [4.78, 5) is 0. The predicted octanol–water partition coefficient (Wildman–Crippen LogP) is 3.06. The molecule has 0 atom stereocenters. The van der Waals surface area contributed by atoms with Gasteiger partial charge in [-0.2, -0.15) is 0 Å². The Hall–Kier alpha value is 0.960. The van der Waals surface area contributed by atoms with E-state index in [9.17, 15) is 0 Å². The molecule has 0 aromatic rings. The van der Waals surface area contributed by atoms with Crippen LogP contribution in [0, 0.1) is 0 Å². The maximum atomic E-state index is 0. The van der Waals surface area contributed by atoms with Gasteiger partial charge in [0.15, 0.2) is 0 Å². The number of hydrogen-bond acceptors (Lipinski definition) is 0. The number of rotatable bonds is 0. The van der Waals surface area contributed by atoms with Gasteiger partial charge in [-0.25, -0.2) is 0 Å². The molecule has 0 unspecified atom stereocenters. The summed E-state index contributed by atoms with van der Waals surface area (Å²) in [6, 6.07) is 0. The summed E-state index contributed by atoms with van der Waals surface area (Å²) in [6.07, 6.45) is 0. The van der Waals surface area contributed by atoms with Crippen molar-refractivity contribution in [1.82, 2.24) is 0 Å². The zero-order valence-electron chi connectivity index (χ0n) is 0.816. The van der Waals surface area contributed by atoms with E-state index in [0.717, 1.165) is 0 Å². The van der Waals surface area contributed by atoms with Crippen molar-refractivity contribution >= 4 is 34.0 Å². The van der Waals surface area contributed by atoms with Crippen LogP contribution in [0.15, 0.2) is 0 Å². The molecule has 0 saturated carbocycles. The van der Waals surface area contributed by atoms with E-state index in [0.29, 0.717) is 0 Å². The minimum atomic E-state index is 0. The van der Waals surface area contributed by atoms with Gasteiger partial charge in [-0.15, -0.1) is 34.0 Å². The Morgan fingerprint density at radius 2 is 0.400 bits per heavy atom. The molecular weight excluding hydrogens is 196 g/mol. The highest BCUT2D eigenvalue weighted by molar-refractivity contribution is 8.93. The summed E-state index contributed by atoms with van der Waals surface area (Å²) < 4.78 is 0. The fraction of sp³-hybridized carbons (Fsp3) is 1.00. The van der Waals surface area contributed by atoms with Gasteiger partial charge in [-0.05, 0) is 0 Å². The third-order valence-corrected chi connectivity index (χ3v) is 0. The normalized spacial score (nSPS) is 0. The second-order valence-corrected chi connectivity index (χ2v) is 0. The van der Waals surface area contributed by atoms with Crippen LogP contribution in [-0.4, -0.2) is 0 Å². The van der Waals surface area contributed by atoms with Crippen LogP contribution in [0.1, 0.15) is 22.3 Å². The molecule has 0 aliphatic carbocycles. The first kappa shape index (κ1) is 159. The molecule has 0 bridgehead atoms. The van der Waals surface area contributed by atoms with Crippen LogP contribution >= 0.6 is 34.0 Å². The standard InChI is InChI=1S/3CH4.2BrH/h3*1H4;2*1H. The molecule has 0 nitrogen and oxygen atoms in total. The molecule has 0 N–H and O–H groups in total. The predicted molar refractivity (Wildman–Crippen MR) is 40.8 cm³/mol. The molecule has 0 aromatic heterocycles. The van der Waals surface area contributed by atoms with Crippen molar-refractivity contribution in [2.45, 2.75) is 22.3 Å². The van der Waals surface area contributed by atoms with Crippen molar-refractivity contribution in [3.63, 3.8) is 0 Å². The van der Waals surface area contributed by atoms with Crippen molar-refractivity contribution in [3.05, 3.63) is 0 Å². The molecule has 40 valence electrons. The van der Waals surface area contributed by atoms with Crippen molar-refractivity contribution in [1.29, 1.82) is 0 Å². The first-order valence-electron chi connectivity index (χ1n) is 0. The van der Waals surface area contributed by atoms with E-state index >= 15 is 0 Å². The van der Waals surface area contributed by atoms with Crippen LogP contribution in [0.3, 0.4) is 0 Å². The lowest BCUT2D eigenvalue weighted by Crippen LogP contribution is 0.143. The monoisotopic (exact) mass is 208 g/mol. The van der Waals surface area contributed by atoms with E-state index in [1.54, 1.807) is 0 Å². The molecule has 0 aliphatic heterocycles. The zero-order valence-corrected chi connectivity index (χ0v) is 4.24. The SMILES string of the molecule is Br.Br.C.C.C. The highest BCUT2D eigenvalue weighted by atomic mass is 79.9. The summed E-state index contributed by atoms with van der Waals surface area (Å²) >= 11 is 0. The highest BCUT2D eigenvalue weighted by Crippen LogP contribution is 0.847. The first-order chi connectivity index (χ1) is 0. The van der Waals surface area contributed by atoms with Crippen LogP contribution in [0.5, 0.6) is 0 Å². The van der Waals surface area contributed by atoms with Gasteiger partial charge in [0, 0.05) is 0 Å². The molecule has 0 heterocycles. The van der Waals surface area contributed by atoms with Crippen LogP contribution in [-0.2, 0) is 0 Å². The molecule has 0 spiro atoms. The zero-order chi connectivity index (χ0) is 0. The van der Waals surface area contributed by atoms with Gasteiger partial charge in [0.1, 0.15) is 0 Å². The largest absolute Gasteiger partial charge is 0.114 e. The average Bonchev–Trinajstić information content (AvgIpc) is 0. The van der Waals surface area contributed by atoms with Gasteiger partial charge in [-0.1, -0.05) is 22.3 Å². The Kier molecular flexibility index (Phi) is 2690. The summed E-state index contributed by atoms with van der Waals surface area (Å²) in [5, 5.41) is 0. The van der Waals surface area contributed by atoms with Gasteiger partial charge < -0.3 is 0 Å². The van der Waals surface area contributed by atoms with Crippen LogP contribution in [0.2, 0.25) is 0 Å². The van der Waals surface area contributed by atoms with Gasteiger partial charge in [-0.3, -0.25) is 0 Å². The number of halogens is 2. The molecule has 2 heteroatoms. The van der Waals surface area contributed by atoms with Crippen LogP contribution < -0.4 is 0 Å². The third kappa shape index (κ3) is 47.2. The topological polar surface area (TPSA) is 0 Å². The van der Waals surface area contributed by atoms with E-state index < -0.39 is 0 Å². The second-order valence-electron chi connectivity index (χ2n) is 0. The van der Waals surface area contributed by atoms with Gasteiger partial charge in [0.2, 0.25) is 0 Å². The van der Waals surface area contributed by atoms with Gasteiger partial charge in [0.05, 0.1) is 0 Å². The quantitative estimate of drug-likeness (QED) is 0.576. The van der Waals surface area contributed by atoms with Crippen molar-refractivity contribution in [2.24, 2.45) is 0 Å². The van der Waals surface area contributed by atoms with Crippen LogP contribution in [0.25, 0.3) is 0 Å². The molecule has 0 aliphatic rings. The Bertz CT molecular complexity index is 4.85. The Labute approximate surface area is 56.5 Å². The molecular formula is C3H14Br2. The van der Waals surface area contributed by atoms with E-state index in [-0.39, 0.29) is 56.2 Å². The van der Waals surface area contributed by atoms with E-state index in [1.165, 1.54) is 0 Å². The molecule has 0 amide bonds.